The minimum atomic E-state index is -0.882. The lowest BCUT2D eigenvalue weighted by atomic mass is 9.77. The van der Waals surface area contributed by atoms with E-state index in [0.29, 0.717) is 21.7 Å². The topological polar surface area (TPSA) is 53.4 Å². The van der Waals surface area contributed by atoms with Crippen LogP contribution in [0, 0.1) is 0 Å². The van der Waals surface area contributed by atoms with Crippen LogP contribution in [-0.4, -0.2) is 21.5 Å². The fourth-order valence-electron chi connectivity index (χ4n) is 5.50. The summed E-state index contributed by atoms with van der Waals surface area (Å²) in [5.41, 5.74) is 6.15. The summed E-state index contributed by atoms with van der Waals surface area (Å²) >= 11 is 13.2. The number of nitrogens with one attached hydrogen (secondary N) is 1. The van der Waals surface area contributed by atoms with E-state index in [1.807, 2.05) is 97.1 Å². The molecule has 0 saturated carbocycles. The molecule has 0 fully saturated rings. The Hall–Kier alpha value is -4.77. The second-order valence-corrected chi connectivity index (χ2v) is 10.8. The average molecular weight is 584 g/mol. The molecule has 202 valence electrons. The number of hydrogen-bond donors (Lipinski definition) is 1. The second kappa shape index (κ2) is 10.9. The van der Waals surface area contributed by atoms with Crippen molar-refractivity contribution in [3.8, 4) is 22.5 Å². The summed E-state index contributed by atoms with van der Waals surface area (Å²) in [6.07, 6.45) is 0. The fourth-order valence-corrected chi connectivity index (χ4v) is 5.90. The third kappa shape index (κ3) is 4.46. The lowest BCUT2D eigenvalue weighted by molar-refractivity contribution is 0.747. The Bertz CT molecular complexity index is 1890. The van der Waals surface area contributed by atoms with E-state index in [1.54, 1.807) is 6.07 Å². The van der Waals surface area contributed by atoms with Crippen LogP contribution in [0.25, 0.3) is 22.5 Å². The monoisotopic (exact) mass is 582 g/mol. The first-order chi connectivity index (χ1) is 20.6. The number of benzene rings is 5. The van der Waals surface area contributed by atoms with E-state index < -0.39 is 5.54 Å². The summed E-state index contributed by atoms with van der Waals surface area (Å²) in [4.78, 5) is 19.3. The number of aromatic nitrogens is 2. The molecule has 0 aliphatic carbocycles. The van der Waals surface area contributed by atoms with Gasteiger partial charge in [-0.2, -0.15) is 0 Å². The number of nitrogens with zero attached hydrogens (tertiary/aromatic N) is 3. The van der Waals surface area contributed by atoms with Crippen molar-refractivity contribution in [1.29, 1.82) is 0 Å². The predicted molar refractivity (Wildman–Crippen MR) is 173 cm³/mol. The van der Waals surface area contributed by atoms with Gasteiger partial charge in [-0.05, 0) is 22.8 Å². The van der Waals surface area contributed by atoms with Gasteiger partial charge in [-0.15, -0.1) is 0 Å². The Morgan fingerprint density at radius 2 is 1.12 bits per heavy atom. The van der Waals surface area contributed by atoms with Gasteiger partial charge in [0.25, 0.3) is 0 Å². The molecule has 0 spiro atoms. The van der Waals surface area contributed by atoms with Gasteiger partial charge >= 0.3 is 0 Å². The van der Waals surface area contributed by atoms with E-state index in [9.17, 15) is 0 Å². The molecule has 5 aromatic carbocycles. The number of H-pyrrole nitrogens is 1. The number of halogens is 2. The molecule has 7 rings (SSSR count). The quantitative estimate of drug-likeness (QED) is 0.209. The fraction of sp³-hybridized carbons (Fsp3) is 0.0278. The minimum Gasteiger partial charge on any atom is -0.335 e. The molecule has 6 aromatic rings. The zero-order valence-corrected chi connectivity index (χ0v) is 23.9. The highest BCUT2D eigenvalue weighted by Gasteiger charge is 2.45. The van der Waals surface area contributed by atoms with Gasteiger partial charge in [-0.1, -0.05) is 157 Å². The number of aliphatic imine (C=N–C) groups is 2. The number of amidine groups is 1. The zero-order chi connectivity index (χ0) is 28.5. The number of aromatic amines is 1. The Morgan fingerprint density at radius 1 is 0.571 bits per heavy atom. The van der Waals surface area contributed by atoms with E-state index in [0.717, 1.165) is 44.9 Å². The van der Waals surface area contributed by atoms with Crippen LogP contribution in [0.5, 0.6) is 0 Å². The third-order valence-corrected chi connectivity index (χ3v) is 8.27. The first kappa shape index (κ1) is 26.1. The standard InChI is InChI=1S/C36H24Cl2N4/c37-29-23-13-22-28(30(29)38)32-31(24-14-5-1-6-15-24)39-34(40-32)35-41-33(25-16-7-2-8-17-25)36(42-35,26-18-9-3-10-19-26)27-20-11-4-12-21-27/h1-23H,(H,39,40). The predicted octanol–water partition coefficient (Wildman–Crippen LogP) is 9.24. The normalized spacial score (nSPS) is 14.0. The summed E-state index contributed by atoms with van der Waals surface area (Å²) in [6, 6.07) is 46.4. The SMILES string of the molecule is Clc1cccc(-c2[nH]c(C3=NC(c4ccccc4)(c4ccccc4)C(c4ccccc4)=N3)nc2-c2ccccc2)c1Cl. The Labute approximate surface area is 254 Å². The van der Waals surface area contributed by atoms with Gasteiger partial charge in [-0.25, -0.2) is 15.0 Å². The van der Waals surface area contributed by atoms with Crippen molar-refractivity contribution in [2.24, 2.45) is 9.98 Å². The number of hydrogen-bond acceptors (Lipinski definition) is 3. The first-order valence-electron chi connectivity index (χ1n) is 13.6. The highest BCUT2D eigenvalue weighted by molar-refractivity contribution is 6.43. The molecular weight excluding hydrogens is 559 g/mol. The Kier molecular flexibility index (Phi) is 6.79. The first-order valence-corrected chi connectivity index (χ1v) is 14.4. The van der Waals surface area contributed by atoms with Gasteiger partial charge in [-0.3, -0.25) is 0 Å². The summed E-state index contributed by atoms with van der Waals surface area (Å²) in [5.74, 6) is 1.05. The lowest BCUT2D eigenvalue weighted by Gasteiger charge is -2.29. The molecule has 0 atom stereocenters. The van der Waals surface area contributed by atoms with E-state index >= 15 is 0 Å². The van der Waals surface area contributed by atoms with Crippen molar-refractivity contribution in [2.75, 3.05) is 0 Å². The van der Waals surface area contributed by atoms with Crippen molar-refractivity contribution < 1.29 is 0 Å². The van der Waals surface area contributed by atoms with Crippen molar-refractivity contribution >= 4 is 34.7 Å². The van der Waals surface area contributed by atoms with Crippen molar-refractivity contribution in [1.82, 2.24) is 9.97 Å². The molecule has 1 aliphatic rings. The number of imidazole rings is 1. The van der Waals surface area contributed by atoms with Crippen LogP contribution in [0.15, 0.2) is 150 Å². The summed E-state index contributed by atoms with van der Waals surface area (Å²) in [5, 5.41) is 0.926. The maximum absolute atomic E-state index is 6.73. The molecule has 2 heterocycles. The highest BCUT2D eigenvalue weighted by atomic mass is 35.5. The van der Waals surface area contributed by atoms with Crippen molar-refractivity contribution in [2.45, 2.75) is 5.54 Å². The molecule has 0 amide bonds. The number of rotatable bonds is 6. The van der Waals surface area contributed by atoms with Crippen LogP contribution in [0.3, 0.4) is 0 Å². The largest absolute Gasteiger partial charge is 0.335 e. The van der Waals surface area contributed by atoms with Crippen LogP contribution in [0.4, 0.5) is 0 Å². The second-order valence-electron chi connectivity index (χ2n) is 9.98. The van der Waals surface area contributed by atoms with E-state index in [2.05, 4.69) is 41.4 Å². The van der Waals surface area contributed by atoms with Gasteiger partial charge < -0.3 is 4.98 Å². The Morgan fingerprint density at radius 3 is 1.71 bits per heavy atom. The molecule has 1 aliphatic heterocycles. The molecule has 1 aromatic heterocycles. The van der Waals surface area contributed by atoms with Gasteiger partial charge in [0.1, 0.15) is 0 Å². The maximum Gasteiger partial charge on any atom is 0.193 e. The maximum atomic E-state index is 6.73. The average Bonchev–Trinajstić information content (AvgIpc) is 3.68. The highest BCUT2D eigenvalue weighted by Crippen LogP contribution is 2.43. The van der Waals surface area contributed by atoms with Gasteiger partial charge in [0.05, 0.1) is 27.1 Å². The molecule has 42 heavy (non-hydrogen) atoms. The van der Waals surface area contributed by atoms with Crippen molar-refractivity contribution in [3.63, 3.8) is 0 Å². The lowest BCUT2D eigenvalue weighted by Crippen LogP contribution is -2.33. The smallest absolute Gasteiger partial charge is 0.193 e. The molecule has 4 nitrogen and oxygen atoms in total. The molecule has 0 unspecified atom stereocenters. The van der Waals surface area contributed by atoms with Crippen LogP contribution in [0.1, 0.15) is 22.5 Å². The third-order valence-electron chi connectivity index (χ3n) is 7.45. The van der Waals surface area contributed by atoms with E-state index in [4.69, 9.17) is 38.2 Å². The van der Waals surface area contributed by atoms with Crippen LogP contribution < -0.4 is 0 Å². The minimum absolute atomic E-state index is 0.455. The zero-order valence-electron chi connectivity index (χ0n) is 22.4. The molecule has 1 N–H and O–H groups in total. The molecule has 0 radical (unpaired) electrons. The Balaban J connectivity index is 1.50. The van der Waals surface area contributed by atoms with Crippen LogP contribution >= 0.6 is 23.2 Å². The van der Waals surface area contributed by atoms with Gasteiger partial charge in [0.15, 0.2) is 17.2 Å². The molecular formula is C36H24Cl2N4. The van der Waals surface area contributed by atoms with Crippen molar-refractivity contribution in [3.05, 3.63) is 172 Å². The van der Waals surface area contributed by atoms with Gasteiger partial charge in [0, 0.05) is 11.1 Å². The summed E-state index contributed by atoms with van der Waals surface area (Å²) in [7, 11) is 0. The van der Waals surface area contributed by atoms with Gasteiger partial charge in [0.2, 0.25) is 0 Å². The van der Waals surface area contributed by atoms with Crippen LogP contribution in [-0.2, 0) is 5.54 Å². The molecule has 6 heteroatoms. The summed E-state index contributed by atoms with van der Waals surface area (Å²) in [6.45, 7) is 0. The molecule has 0 saturated heterocycles. The molecule has 0 bridgehead atoms. The summed E-state index contributed by atoms with van der Waals surface area (Å²) < 4.78 is 0. The van der Waals surface area contributed by atoms with E-state index in [-0.39, 0.29) is 0 Å². The van der Waals surface area contributed by atoms with Crippen LogP contribution in [0.2, 0.25) is 10.0 Å². The van der Waals surface area contributed by atoms with E-state index in [1.165, 1.54) is 0 Å².